The van der Waals surface area contributed by atoms with Crippen LogP contribution in [-0.2, 0) is 14.2 Å². The fourth-order valence-electron chi connectivity index (χ4n) is 6.89. The molecule has 52 heavy (non-hydrogen) atoms. The molecule has 0 aliphatic heterocycles. The van der Waals surface area contributed by atoms with Gasteiger partial charge in [0.15, 0.2) is 0 Å². The maximum Gasteiger partial charge on any atom is 0.282 e. The summed E-state index contributed by atoms with van der Waals surface area (Å²) in [5.74, 6) is -0.857. The highest BCUT2D eigenvalue weighted by molar-refractivity contribution is 4.93. The molecule has 308 valence electrons. The van der Waals surface area contributed by atoms with Crippen LogP contribution in [0.5, 0.6) is 0 Å². The van der Waals surface area contributed by atoms with E-state index in [9.17, 15) is 0 Å². The van der Waals surface area contributed by atoms with E-state index < -0.39 is 5.97 Å². The highest BCUT2D eigenvalue weighted by Gasteiger charge is 2.33. The van der Waals surface area contributed by atoms with Gasteiger partial charge in [0.1, 0.15) is 0 Å². The Kier molecular flexibility index (Phi) is 39.1. The predicted octanol–water partition coefficient (Wildman–Crippen LogP) is 17.1. The van der Waals surface area contributed by atoms with E-state index >= 15 is 0 Å². The number of allylic oxidation sites excluding steroid dienone is 6. The maximum atomic E-state index is 6.70. The second-order valence-corrected chi connectivity index (χ2v) is 16.7. The van der Waals surface area contributed by atoms with Crippen LogP contribution in [-0.4, -0.2) is 25.8 Å². The van der Waals surface area contributed by atoms with Gasteiger partial charge >= 0.3 is 0 Å². The molecule has 0 fully saturated rings. The van der Waals surface area contributed by atoms with Crippen molar-refractivity contribution in [3.63, 3.8) is 0 Å². The van der Waals surface area contributed by atoms with Gasteiger partial charge in [-0.15, -0.1) is 0 Å². The van der Waals surface area contributed by atoms with Crippen LogP contribution < -0.4 is 0 Å². The van der Waals surface area contributed by atoms with Crippen LogP contribution >= 0.6 is 0 Å². The molecule has 0 saturated heterocycles. The quantitative estimate of drug-likeness (QED) is 0.0356. The van der Waals surface area contributed by atoms with Crippen LogP contribution in [0.4, 0.5) is 0 Å². The molecule has 3 heteroatoms. The molecule has 0 aromatic carbocycles. The van der Waals surface area contributed by atoms with Crippen molar-refractivity contribution in [3.05, 3.63) is 34.9 Å². The number of ether oxygens (including phenoxy) is 3. The van der Waals surface area contributed by atoms with Crippen LogP contribution in [0, 0.1) is 0 Å². The second-order valence-electron chi connectivity index (χ2n) is 16.7. The minimum atomic E-state index is -0.857. The normalized spacial score (nSPS) is 11.6. The first-order valence-corrected chi connectivity index (χ1v) is 23.1. The zero-order valence-electron chi connectivity index (χ0n) is 36.7. The summed E-state index contributed by atoms with van der Waals surface area (Å²) >= 11 is 0. The third-order valence-electron chi connectivity index (χ3n) is 10.3. The van der Waals surface area contributed by atoms with E-state index in [4.69, 9.17) is 14.2 Å². The number of rotatable bonds is 41. The number of hydrogen-bond acceptors (Lipinski definition) is 3. The summed E-state index contributed by atoms with van der Waals surface area (Å²) in [6.07, 6.45) is 47.9. The molecule has 0 aliphatic carbocycles. The van der Waals surface area contributed by atoms with Crippen LogP contribution in [0.25, 0.3) is 0 Å². The molecule has 0 spiro atoms. The zero-order chi connectivity index (χ0) is 38.2. The van der Waals surface area contributed by atoms with E-state index in [1.807, 2.05) is 0 Å². The van der Waals surface area contributed by atoms with Crippen molar-refractivity contribution in [2.24, 2.45) is 0 Å². The molecule has 0 heterocycles. The summed E-state index contributed by atoms with van der Waals surface area (Å²) in [6, 6.07) is 0. The third kappa shape index (κ3) is 38.8. The maximum absolute atomic E-state index is 6.70. The van der Waals surface area contributed by atoms with Crippen molar-refractivity contribution in [2.75, 3.05) is 19.8 Å². The Morgan fingerprint density at radius 3 is 0.865 bits per heavy atom. The molecule has 0 atom stereocenters. The summed E-state index contributed by atoms with van der Waals surface area (Å²) < 4.78 is 20.1. The molecular formula is C49H94O3. The third-order valence-corrected chi connectivity index (χ3v) is 10.3. The lowest BCUT2D eigenvalue weighted by Crippen LogP contribution is -2.40. The minimum Gasteiger partial charge on any atom is -0.327 e. The summed E-state index contributed by atoms with van der Waals surface area (Å²) in [6.45, 7) is 17.8. The fourth-order valence-corrected chi connectivity index (χ4v) is 6.89. The van der Waals surface area contributed by atoms with Crippen molar-refractivity contribution < 1.29 is 14.2 Å². The smallest absolute Gasteiger partial charge is 0.282 e. The van der Waals surface area contributed by atoms with Crippen molar-refractivity contribution in [2.45, 2.75) is 260 Å². The SMILES string of the molecule is CCCCCCCCCC(OCCCCCCCCCC=C(C)C)(OCCCCCCCCCC=C(C)C)OCCCCCCCCCC=C(C)C. The Bertz CT molecular complexity index is 719. The number of hydrogen-bond donors (Lipinski definition) is 0. The molecule has 0 unspecified atom stereocenters. The van der Waals surface area contributed by atoms with Gasteiger partial charge in [0.25, 0.3) is 5.97 Å². The Balaban J connectivity index is 4.90. The minimum absolute atomic E-state index is 0.747. The Morgan fingerprint density at radius 2 is 0.577 bits per heavy atom. The molecule has 0 radical (unpaired) electrons. The van der Waals surface area contributed by atoms with Crippen molar-refractivity contribution in [1.82, 2.24) is 0 Å². The summed E-state index contributed by atoms with van der Waals surface area (Å²) in [4.78, 5) is 0. The van der Waals surface area contributed by atoms with Gasteiger partial charge in [-0.3, -0.25) is 0 Å². The first-order valence-electron chi connectivity index (χ1n) is 23.1. The lowest BCUT2D eigenvalue weighted by atomic mass is 10.1. The summed E-state index contributed by atoms with van der Waals surface area (Å²) in [5.41, 5.74) is 4.35. The van der Waals surface area contributed by atoms with E-state index in [0.29, 0.717) is 0 Å². The predicted molar refractivity (Wildman–Crippen MR) is 232 cm³/mol. The molecule has 0 amide bonds. The molecule has 0 bridgehead atoms. The zero-order valence-corrected chi connectivity index (χ0v) is 36.7. The Morgan fingerprint density at radius 1 is 0.327 bits per heavy atom. The lowest BCUT2D eigenvalue weighted by Gasteiger charge is -2.34. The first kappa shape index (κ1) is 51.1. The van der Waals surface area contributed by atoms with E-state index in [2.05, 4.69) is 66.7 Å². The standard InChI is InChI=1S/C49H94O3/c1-8-9-10-11-21-28-35-42-49(50-43-36-29-22-15-12-18-25-32-39-46(2)3,51-44-37-30-23-16-13-19-26-33-40-47(4)5)52-45-38-31-24-17-14-20-27-34-41-48(6)7/h39-41H,8-38,42-45H2,1-7H3. The molecule has 0 N–H and O–H groups in total. The van der Waals surface area contributed by atoms with Crippen LogP contribution in [0.3, 0.4) is 0 Å². The largest absolute Gasteiger partial charge is 0.327 e. The Labute approximate surface area is 328 Å². The van der Waals surface area contributed by atoms with Crippen molar-refractivity contribution >= 4 is 0 Å². The highest BCUT2D eigenvalue weighted by atomic mass is 16.9. The van der Waals surface area contributed by atoms with E-state index in [-0.39, 0.29) is 0 Å². The van der Waals surface area contributed by atoms with Crippen molar-refractivity contribution in [1.29, 1.82) is 0 Å². The summed E-state index contributed by atoms with van der Waals surface area (Å²) in [7, 11) is 0. The average Bonchev–Trinajstić information content (AvgIpc) is 3.11. The van der Waals surface area contributed by atoms with Gasteiger partial charge in [0, 0.05) is 6.42 Å². The van der Waals surface area contributed by atoms with Gasteiger partial charge in [-0.1, -0.05) is 177 Å². The first-order chi connectivity index (χ1) is 25.3. The van der Waals surface area contributed by atoms with Gasteiger partial charge in [-0.2, -0.15) is 0 Å². The van der Waals surface area contributed by atoms with Crippen molar-refractivity contribution in [3.8, 4) is 0 Å². The Hall–Kier alpha value is -0.900. The van der Waals surface area contributed by atoms with Crippen LogP contribution in [0.2, 0.25) is 0 Å². The highest BCUT2D eigenvalue weighted by Crippen LogP contribution is 2.27. The topological polar surface area (TPSA) is 27.7 Å². The van der Waals surface area contributed by atoms with Gasteiger partial charge in [-0.05, 0) is 106 Å². The molecular weight excluding hydrogens is 637 g/mol. The lowest BCUT2D eigenvalue weighted by molar-refractivity contribution is -0.384. The van der Waals surface area contributed by atoms with Crippen LogP contribution in [0.15, 0.2) is 34.9 Å². The molecule has 0 aliphatic rings. The monoisotopic (exact) mass is 731 g/mol. The van der Waals surface area contributed by atoms with Gasteiger partial charge in [0.05, 0.1) is 19.8 Å². The average molecular weight is 731 g/mol. The second kappa shape index (κ2) is 39.8. The molecule has 3 nitrogen and oxygen atoms in total. The van der Waals surface area contributed by atoms with Crippen LogP contribution in [0.1, 0.15) is 254 Å². The van der Waals surface area contributed by atoms with Gasteiger partial charge < -0.3 is 14.2 Å². The van der Waals surface area contributed by atoms with E-state index in [1.165, 1.54) is 190 Å². The molecule has 0 rings (SSSR count). The molecule has 0 aromatic heterocycles. The molecule has 0 aromatic rings. The molecule has 0 saturated carbocycles. The fraction of sp³-hybridized carbons (Fsp3) is 0.878. The van der Waals surface area contributed by atoms with Gasteiger partial charge in [-0.25, -0.2) is 0 Å². The summed E-state index contributed by atoms with van der Waals surface area (Å²) in [5, 5.41) is 0. The van der Waals surface area contributed by atoms with E-state index in [1.54, 1.807) is 0 Å². The van der Waals surface area contributed by atoms with E-state index in [0.717, 1.165) is 51.9 Å². The van der Waals surface area contributed by atoms with Gasteiger partial charge in [0.2, 0.25) is 0 Å². The number of unbranched alkanes of at least 4 members (excludes halogenated alkanes) is 27.